The van der Waals surface area contributed by atoms with Crippen LogP contribution in [0.3, 0.4) is 0 Å². The summed E-state index contributed by atoms with van der Waals surface area (Å²) < 4.78 is 0. The van der Waals surface area contributed by atoms with Gasteiger partial charge in [-0.1, -0.05) is 0 Å². The zero-order chi connectivity index (χ0) is 16.1. The van der Waals surface area contributed by atoms with Crippen LogP contribution in [-0.2, 0) is 6.54 Å². The van der Waals surface area contributed by atoms with Crippen LogP contribution < -0.4 is 10.6 Å². The van der Waals surface area contributed by atoms with Crippen molar-refractivity contribution in [1.82, 2.24) is 20.5 Å². The first-order valence-electron chi connectivity index (χ1n) is 8.12. The number of aliphatic imine (C=N–C) groups is 1. The van der Waals surface area contributed by atoms with Gasteiger partial charge in [-0.3, -0.25) is 0 Å². The number of thiazole rings is 1. The molecule has 1 saturated carbocycles. The van der Waals surface area contributed by atoms with Crippen LogP contribution in [-0.4, -0.2) is 49.1 Å². The summed E-state index contributed by atoms with van der Waals surface area (Å²) in [5, 5.41) is 7.95. The van der Waals surface area contributed by atoms with Crippen molar-refractivity contribution in [2.75, 3.05) is 27.2 Å². The third kappa shape index (κ3) is 4.95. The number of guanidine groups is 1. The molecule has 1 atom stereocenters. The van der Waals surface area contributed by atoms with Crippen LogP contribution in [0.15, 0.2) is 4.99 Å². The molecule has 2 rings (SSSR count). The smallest absolute Gasteiger partial charge is 0.191 e. The van der Waals surface area contributed by atoms with Crippen LogP contribution in [0, 0.1) is 19.8 Å². The number of aryl methyl sites for hydroxylation is 2. The Bertz CT molecular complexity index is 503. The molecular formula is C16H29N5S. The molecule has 0 aromatic carbocycles. The average Bonchev–Trinajstić information content (AvgIpc) is 3.22. The Morgan fingerprint density at radius 1 is 1.36 bits per heavy atom. The molecule has 2 N–H and O–H groups in total. The zero-order valence-electron chi connectivity index (χ0n) is 14.4. The van der Waals surface area contributed by atoms with E-state index in [1.165, 1.54) is 17.7 Å². The summed E-state index contributed by atoms with van der Waals surface area (Å²) >= 11 is 1.74. The first kappa shape index (κ1) is 17.2. The third-order valence-electron chi connectivity index (χ3n) is 4.03. The number of nitrogens with zero attached hydrogens (tertiary/aromatic N) is 3. The highest BCUT2D eigenvalue weighted by Crippen LogP contribution is 2.34. The van der Waals surface area contributed by atoms with Gasteiger partial charge in [0.2, 0.25) is 0 Å². The minimum Gasteiger partial charge on any atom is -0.357 e. The molecule has 0 bridgehead atoms. The minimum absolute atomic E-state index is 0.594. The van der Waals surface area contributed by atoms with Crippen LogP contribution >= 0.6 is 11.3 Å². The fourth-order valence-corrected chi connectivity index (χ4v) is 3.53. The lowest BCUT2D eigenvalue weighted by molar-refractivity contribution is 0.264. The lowest BCUT2D eigenvalue weighted by Crippen LogP contribution is -2.46. The molecule has 0 radical (unpaired) electrons. The van der Waals surface area contributed by atoms with E-state index in [0.29, 0.717) is 12.6 Å². The van der Waals surface area contributed by atoms with E-state index in [2.05, 4.69) is 48.5 Å². The Morgan fingerprint density at radius 2 is 2.09 bits per heavy atom. The second-order valence-electron chi connectivity index (χ2n) is 6.19. The van der Waals surface area contributed by atoms with Gasteiger partial charge in [0.1, 0.15) is 0 Å². The second-order valence-corrected chi connectivity index (χ2v) is 7.47. The maximum Gasteiger partial charge on any atom is 0.191 e. The number of nitrogens with one attached hydrogen (secondary N) is 2. The molecule has 0 amide bonds. The summed E-state index contributed by atoms with van der Waals surface area (Å²) in [6.45, 7) is 8.73. The molecule has 124 valence electrons. The highest BCUT2D eigenvalue weighted by molar-refractivity contribution is 7.11. The van der Waals surface area contributed by atoms with Crippen LogP contribution in [0.5, 0.6) is 0 Å². The third-order valence-corrected chi connectivity index (χ3v) is 5.09. The van der Waals surface area contributed by atoms with Crippen LogP contribution in [0.2, 0.25) is 0 Å². The van der Waals surface area contributed by atoms with Gasteiger partial charge < -0.3 is 15.5 Å². The van der Waals surface area contributed by atoms with E-state index in [9.17, 15) is 0 Å². The second kappa shape index (κ2) is 7.92. The fraction of sp³-hybridized carbons (Fsp3) is 0.750. The Hall–Kier alpha value is -1.14. The number of hydrogen-bond donors (Lipinski definition) is 2. The van der Waals surface area contributed by atoms with Crippen molar-refractivity contribution in [1.29, 1.82) is 0 Å². The Morgan fingerprint density at radius 3 is 2.59 bits per heavy atom. The zero-order valence-corrected chi connectivity index (χ0v) is 15.3. The van der Waals surface area contributed by atoms with Crippen molar-refractivity contribution in [3.63, 3.8) is 0 Å². The summed E-state index contributed by atoms with van der Waals surface area (Å²) in [7, 11) is 4.33. The summed E-state index contributed by atoms with van der Waals surface area (Å²) in [5.41, 5.74) is 1.10. The molecule has 1 aliphatic carbocycles. The van der Waals surface area contributed by atoms with Gasteiger partial charge in [-0.2, -0.15) is 0 Å². The maximum atomic E-state index is 4.72. The normalized spacial score (nSPS) is 16.9. The largest absolute Gasteiger partial charge is 0.357 e. The highest BCUT2D eigenvalue weighted by atomic mass is 32.1. The average molecular weight is 324 g/mol. The summed E-state index contributed by atoms with van der Waals surface area (Å²) in [6, 6.07) is 0.594. The van der Waals surface area contributed by atoms with Gasteiger partial charge in [-0.15, -0.1) is 11.3 Å². The van der Waals surface area contributed by atoms with E-state index >= 15 is 0 Å². The lowest BCUT2D eigenvalue weighted by Gasteiger charge is -2.25. The SMILES string of the molecule is CCNC(=NCc1sc(C)nc1C)NCC(C1CC1)N(C)C. The Balaban J connectivity index is 1.93. The monoisotopic (exact) mass is 323 g/mol. The highest BCUT2D eigenvalue weighted by Gasteiger charge is 2.32. The van der Waals surface area contributed by atoms with Crippen LogP contribution in [0.25, 0.3) is 0 Å². The quantitative estimate of drug-likeness (QED) is 0.596. The molecule has 1 fully saturated rings. The number of hydrogen-bond acceptors (Lipinski definition) is 4. The van der Waals surface area contributed by atoms with Gasteiger partial charge in [-0.25, -0.2) is 9.98 Å². The van der Waals surface area contributed by atoms with Crippen molar-refractivity contribution >= 4 is 17.3 Å². The maximum absolute atomic E-state index is 4.72. The number of aromatic nitrogens is 1. The van der Waals surface area contributed by atoms with Gasteiger partial charge in [0.15, 0.2) is 5.96 Å². The predicted molar refractivity (Wildman–Crippen MR) is 94.6 cm³/mol. The summed E-state index contributed by atoms with van der Waals surface area (Å²) in [4.78, 5) is 12.8. The van der Waals surface area contributed by atoms with Gasteiger partial charge in [0.25, 0.3) is 0 Å². The van der Waals surface area contributed by atoms with E-state index < -0.39 is 0 Å². The molecule has 1 heterocycles. The van der Waals surface area contributed by atoms with E-state index in [0.717, 1.165) is 35.7 Å². The molecule has 1 aliphatic rings. The molecule has 1 aromatic rings. The van der Waals surface area contributed by atoms with Crippen molar-refractivity contribution in [2.45, 2.75) is 46.2 Å². The van der Waals surface area contributed by atoms with Crippen LogP contribution in [0.4, 0.5) is 0 Å². The predicted octanol–water partition coefficient (Wildman–Crippen LogP) is 2.16. The van der Waals surface area contributed by atoms with Crippen molar-refractivity contribution in [3.05, 3.63) is 15.6 Å². The molecule has 0 aliphatic heterocycles. The number of likely N-dealkylation sites (N-methyl/N-ethyl adjacent to an activating group) is 1. The van der Waals surface area contributed by atoms with Gasteiger partial charge in [0.05, 0.1) is 17.2 Å². The lowest BCUT2D eigenvalue weighted by atomic mass is 10.1. The molecule has 1 aromatic heterocycles. The van der Waals surface area contributed by atoms with Gasteiger partial charge in [0, 0.05) is 24.0 Å². The van der Waals surface area contributed by atoms with Crippen molar-refractivity contribution < 1.29 is 0 Å². The molecule has 0 saturated heterocycles. The van der Waals surface area contributed by atoms with Gasteiger partial charge in [-0.05, 0) is 53.6 Å². The molecule has 0 spiro atoms. The first-order valence-corrected chi connectivity index (χ1v) is 8.94. The molecular weight excluding hydrogens is 294 g/mol. The van der Waals surface area contributed by atoms with Crippen molar-refractivity contribution in [3.8, 4) is 0 Å². The Labute approximate surface area is 138 Å². The van der Waals surface area contributed by atoms with E-state index in [1.807, 2.05) is 6.92 Å². The molecule has 22 heavy (non-hydrogen) atoms. The Kier molecular flexibility index (Phi) is 6.20. The molecule has 6 heteroatoms. The first-order chi connectivity index (χ1) is 10.5. The number of rotatable bonds is 7. The van der Waals surface area contributed by atoms with Crippen molar-refractivity contribution in [2.24, 2.45) is 10.9 Å². The van der Waals surface area contributed by atoms with E-state index in [4.69, 9.17) is 4.99 Å². The topological polar surface area (TPSA) is 52.6 Å². The fourth-order valence-electron chi connectivity index (χ4n) is 2.67. The van der Waals surface area contributed by atoms with Gasteiger partial charge >= 0.3 is 0 Å². The van der Waals surface area contributed by atoms with Crippen LogP contribution in [0.1, 0.15) is 35.3 Å². The standard InChI is InChI=1S/C16H29N5S/c1-6-17-16(18-9-14(21(4)5)13-7-8-13)19-10-15-11(2)20-12(3)22-15/h13-14H,6-10H2,1-5H3,(H2,17,18,19). The summed E-state index contributed by atoms with van der Waals surface area (Å²) in [5.74, 6) is 1.75. The van der Waals surface area contributed by atoms with E-state index in [-0.39, 0.29) is 0 Å². The molecule has 1 unspecified atom stereocenters. The van der Waals surface area contributed by atoms with E-state index in [1.54, 1.807) is 11.3 Å². The summed E-state index contributed by atoms with van der Waals surface area (Å²) in [6.07, 6.45) is 2.72. The minimum atomic E-state index is 0.594. The molecule has 5 nitrogen and oxygen atoms in total.